The summed E-state index contributed by atoms with van der Waals surface area (Å²) >= 11 is 0. The lowest BCUT2D eigenvalue weighted by Crippen LogP contribution is -2.31. The van der Waals surface area contributed by atoms with Crippen molar-refractivity contribution in [1.82, 2.24) is 0 Å². The van der Waals surface area contributed by atoms with Crippen LogP contribution in [0.5, 0.6) is 0 Å². The molecule has 3 rings (SSSR count). The number of esters is 4. The van der Waals surface area contributed by atoms with Gasteiger partial charge >= 0.3 is 23.9 Å². The smallest absolute Gasteiger partial charge is 0.337 e. The van der Waals surface area contributed by atoms with Gasteiger partial charge in [0.05, 0.1) is 63.6 Å². The van der Waals surface area contributed by atoms with Gasteiger partial charge in [-0.25, -0.2) is 9.59 Å². The van der Waals surface area contributed by atoms with Gasteiger partial charge in [0.15, 0.2) is 11.5 Å². The summed E-state index contributed by atoms with van der Waals surface area (Å²) in [5, 5.41) is 22.2. The monoisotopic (exact) mass is 580 g/mol. The Bertz CT molecular complexity index is 1370. The standard InChI is InChI=1S/C30H28O12/c1-39-21(31)13-19(15-5-9-17(10-6-15)29(37)41-3)23-25(33)27(35)24(28(36)26(23)34)20(14-22(32)40-2)16-7-11-18(12-8-16)30(38)42-4/h5-12,19-20,33,36H,13-14H2,1-4H3/t19-,20-/m0/s1. The van der Waals surface area contributed by atoms with E-state index in [0.29, 0.717) is 0 Å². The van der Waals surface area contributed by atoms with Crippen LogP contribution < -0.4 is 0 Å². The van der Waals surface area contributed by atoms with E-state index in [4.69, 9.17) is 9.47 Å². The molecule has 0 saturated heterocycles. The van der Waals surface area contributed by atoms with E-state index in [2.05, 4.69) is 9.47 Å². The van der Waals surface area contributed by atoms with Crippen molar-refractivity contribution in [1.29, 1.82) is 0 Å². The van der Waals surface area contributed by atoms with E-state index in [1.54, 1.807) is 0 Å². The average Bonchev–Trinajstić information content (AvgIpc) is 3.02. The molecule has 1 aliphatic carbocycles. The number of methoxy groups -OCH3 is 4. The molecule has 1 aliphatic rings. The van der Waals surface area contributed by atoms with Crippen LogP contribution in [-0.2, 0) is 38.1 Å². The van der Waals surface area contributed by atoms with Crippen LogP contribution in [0.3, 0.4) is 0 Å². The molecule has 2 aromatic rings. The molecular formula is C30H28O12. The summed E-state index contributed by atoms with van der Waals surface area (Å²) < 4.78 is 18.8. The second-order valence-corrected chi connectivity index (χ2v) is 9.08. The summed E-state index contributed by atoms with van der Waals surface area (Å²) in [6.45, 7) is 0. The maximum absolute atomic E-state index is 13.6. The van der Waals surface area contributed by atoms with Gasteiger partial charge < -0.3 is 29.2 Å². The van der Waals surface area contributed by atoms with Gasteiger partial charge in [0.2, 0.25) is 11.6 Å². The summed E-state index contributed by atoms with van der Waals surface area (Å²) in [4.78, 5) is 75.5. The van der Waals surface area contributed by atoms with Crippen LogP contribution in [0, 0.1) is 0 Å². The van der Waals surface area contributed by atoms with Gasteiger partial charge in [0.1, 0.15) is 0 Å². The van der Waals surface area contributed by atoms with E-state index >= 15 is 0 Å². The fourth-order valence-corrected chi connectivity index (χ4v) is 4.57. The van der Waals surface area contributed by atoms with Gasteiger partial charge in [-0.15, -0.1) is 0 Å². The fourth-order valence-electron chi connectivity index (χ4n) is 4.57. The summed E-state index contributed by atoms with van der Waals surface area (Å²) in [7, 11) is 4.61. The second-order valence-electron chi connectivity index (χ2n) is 9.08. The van der Waals surface area contributed by atoms with Gasteiger partial charge in [-0.3, -0.25) is 19.2 Å². The third kappa shape index (κ3) is 6.38. The zero-order valence-electron chi connectivity index (χ0n) is 23.2. The Balaban J connectivity index is 2.13. The summed E-state index contributed by atoms with van der Waals surface area (Å²) in [6.07, 6.45) is -1.01. The largest absolute Gasteiger partial charge is 0.504 e. The number of Topliss-reactive ketones (excluding diaryl/α,β-unsaturated/α-hetero) is 2. The average molecular weight is 581 g/mol. The van der Waals surface area contributed by atoms with Crippen molar-refractivity contribution in [3.05, 3.63) is 93.4 Å². The highest BCUT2D eigenvalue weighted by Gasteiger charge is 2.43. The van der Waals surface area contributed by atoms with E-state index in [1.807, 2.05) is 0 Å². The molecule has 220 valence electrons. The SMILES string of the molecule is COC(=O)C[C@H](C1=C(O)C(=O)C([C@@H](CC(=O)OC)c2ccc(C(=O)OC)cc2)=C(O)C1=O)c1ccc(C(=O)OC)cc1. The number of benzene rings is 2. The van der Waals surface area contributed by atoms with Crippen LogP contribution in [0.2, 0.25) is 0 Å². The summed E-state index contributed by atoms with van der Waals surface area (Å²) in [6, 6.07) is 11.1. The lowest BCUT2D eigenvalue weighted by Gasteiger charge is -2.27. The van der Waals surface area contributed by atoms with Crippen molar-refractivity contribution in [3.63, 3.8) is 0 Å². The lowest BCUT2D eigenvalue weighted by atomic mass is 9.75. The molecular weight excluding hydrogens is 552 g/mol. The summed E-state index contributed by atoms with van der Waals surface area (Å²) in [5.41, 5.74) is -0.328. The molecule has 0 unspecified atom stereocenters. The molecule has 0 radical (unpaired) electrons. The predicted octanol–water partition coefficient (Wildman–Crippen LogP) is 3.03. The normalized spacial score (nSPS) is 14.7. The maximum Gasteiger partial charge on any atom is 0.337 e. The van der Waals surface area contributed by atoms with Gasteiger partial charge in [0, 0.05) is 11.8 Å². The molecule has 0 aromatic heterocycles. The third-order valence-corrected chi connectivity index (χ3v) is 6.79. The number of carbonyl (C=O) groups is 6. The number of aliphatic hydroxyl groups excluding tert-OH is 2. The topological polar surface area (TPSA) is 180 Å². The number of carbonyl (C=O) groups excluding carboxylic acids is 6. The van der Waals surface area contributed by atoms with Crippen molar-refractivity contribution < 1.29 is 57.9 Å². The van der Waals surface area contributed by atoms with E-state index in [1.165, 1.54) is 62.8 Å². The van der Waals surface area contributed by atoms with Crippen molar-refractivity contribution >= 4 is 35.4 Å². The van der Waals surface area contributed by atoms with Crippen LogP contribution in [0.15, 0.2) is 71.2 Å². The minimum absolute atomic E-state index is 0.163. The van der Waals surface area contributed by atoms with Gasteiger partial charge in [-0.2, -0.15) is 0 Å². The Labute approximate surface area is 240 Å². The van der Waals surface area contributed by atoms with E-state index in [0.717, 1.165) is 14.2 Å². The Morgan fingerprint density at radius 1 is 0.571 bits per heavy atom. The Morgan fingerprint density at radius 3 is 1.14 bits per heavy atom. The molecule has 0 heterocycles. The van der Waals surface area contributed by atoms with Crippen LogP contribution in [0.4, 0.5) is 0 Å². The van der Waals surface area contributed by atoms with Crippen molar-refractivity contribution in [2.45, 2.75) is 24.7 Å². The number of rotatable bonds is 10. The first-order chi connectivity index (χ1) is 20.0. The minimum atomic E-state index is -1.26. The highest BCUT2D eigenvalue weighted by molar-refractivity contribution is 6.24. The molecule has 12 heteroatoms. The van der Waals surface area contributed by atoms with Crippen LogP contribution >= 0.6 is 0 Å². The molecule has 0 spiro atoms. The van der Waals surface area contributed by atoms with E-state index in [-0.39, 0.29) is 22.3 Å². The van der Waals surface area contributed by atoms with Crippen molar-refractivity contribution in [2.75, 3.05) is 28.4 Å². The number of aliphatic hydroxyl groups is 2. The van der Waals surface area contributed by atoms with Crippen molar-refractivity contribution in [2.24, 2.45) is 0 Å². The van der Waals surface area contributed by atoms with Crippen LogP contribution in [-0.4, -0.2) is 74.1 Å². The number of ketones is 2. The zero-order valence-corrected chi connectivity index (χ0v) is 23.2. The molecule has 0 fully saturated rings. The quantitative estimate of drug-likeness (QED) is 0.239. The molecule has 42 heavy (non-hydrogen) atoms. The number of hydrogen-bond donors (Lipinski definition) is 2. The number of hydrogen-bond acceptors (Lipinski definition) is 12. The molecule has 2 atom stereocenters. The molecule has 0 aliphatic heterocycles. The molecule has 0 amide bonds. The highest BCUT2D eigenvalue weighted by atomic mass is 16.5. The van der Waals surface area contributed by atoms with E-state index < -0.39 is 82.8 Å². The number of allylic oxidation sites excluding steroid dienone is 2. The first kappa shape index (κ1) is 31.3. The fraction of sp³-hybridized carbons (Fsp3) is 0.267. The third-order valence-electron chi connectivity index (χ3n) is 6.79. The minimum Gasteiger partial charge on any atom is -0.504 e. The lowest BCUT2D eigenvalue weighted by molar-refractivity contribution is -0.142. The Hall–Kier alpha value is -5.26. The van der Waals surface area contributed by atoms with Crippen LogP contribution in [0.25, 0.3) is 0 Å². The number of ether oxygens (including phenoxy) is 4. The Morgan fingerprint density at radius 2 is 0.881 bits per heavy atom. The second kappa shape index (κ2) is 13.4. The highest BCUT2D eigenvalue weighted by Crippen LogP contribution is 2.41. The predicted molar refractivity (Wildman–Crippen MR) is 144 cm³/mol. The van der Waals surface area contributed by atoms with Gasteiger partial charge in [-0.05, 0) is 35.4 Å². The molecule has 2 N–H and O–H groups in total. The molecule has 0 saturated carbocycles. The van der Waals surface area contributed by atoms with E-state index in [9.17, 15) is 39.0 Å². The molecule has 0 bridgehead atoms. The van der Waals surface area contributed by atoms with Gasteiger partial charge in [-0.1, -0.05) is 24.3 Å². The van der Waals surface area contributed by atoms with Gasteiger partial charge in [0.25, 0.3) is 0 Å². The molecule has 12 nitrogen and oxygen atoms in total. The maximum atomic E-state index is 13.6. The zero-order chi connectivity index (χ0) is 31.1. The first-order valence-corrected chi connectivity index (χ1v) is 12.4. The summed E-state index contributed by atoms with van der Waals surface area (Å²) in [5.74, 6) is -9.78. The van der Waals surface area contributed by atoms with Crippen LogP contribution in [0.1, 0.15) is 56.5 Å². The van der Waals surface area contributed by atoms with Crippen molar-refractivity contribution in [3.8, 4) is 0 Å². The first-order valence-electron chi connectivity index (χ1n) is 12.4. The molecule has 2 aromatic carbocycles. The Kier molecular flexibility index (Phi) is 9.98.